The number of hydrogen-bond acceptors (Lipinski definition) is 2. The first-order valence-corrected chi connectivity index (χ1v) is 10.5. The van der Waals surface area contributed by atoms with E-state index in [0.717, 1.165) is 17.1 Å². The van der Waals surface area contributed by atoms with Gasteiger partial charge < -0.3 is 5.32 Å². The number of carbonyl (C=O) groups is 1. The zero-order valence-electron chi connectivity index (χ0n) is 19.0. The highest BCUT2D eigenvalue weighted by Gasteiger charge is 2.38. The summed E-state index contributed by atoms with van der Waals surface area (Å²) in [7, 11) is 1.25. The third kappa shape index (κ3) is 5.38. The average molecular weight is 502 g/mol. The Balaban J connectivity index is 2.23. The molecule has 0 atom stereocenters. The Morgan fingerprint density at radius 1 is 1.17 bits per heavy atom. The molecule has 0 aromatic heterocycles. The highest BCUT2D eigenvalue weighted by Crippen LogP contribution is 2.40. The molecule has 1 aliphatic rings. The van der Waals surface area contributed by atoms with Gasteiger partial charge in [0.2, 0.25) is 5.83 Å². The van der Waals surface area contributed by atoms with Gasteiger partial charge in [-0.15, -0.1) is 6.42 Å². The van der Waals surface area contributed by atoms with Crippen molar-refractivity contribution in [3.05, 3.63) is 101 Å². The lowest BCUT2D eigenvalue weighted by atomic mass is 9.92. The summed E-state index contributed by atoms with van der Waals surface area (Å²) in [5.74, 6) is -2.39. The van der Waals surface area contributed by atoms with Crippen LogP contribution >= 0.6 is 0 Å². The van der Waals surface area contributed by atoms with Gasteiger partial charge in [0, 0.05) is 30.7 Å². The highest BCUT2D eigenvalue weighted by molar-refractivity contribution is 6.01. The Morgan fingerprint density at radius 2 is 1.83 bits per heavy atom. The predicted octanol–water partition coefficient (Wildman–Crippen LogP) is 6.64. The fourth-order valence-corrected chi connectivity index (χ4v) is 3.62. The van der Waals surface area contributed by atoms with Gasteiger partial charge in [0.1, 0.15) is 18.3 Å². The number of nitrogens with zero attached hydrogens (tertiary/aromatic N) is 1. The first-order chi connectivity index (χ1) is 17.0. The van der Waals surface area contributed by atoms with Crippen LogP contribution in [0, 0.1) is 12.3 Å². The van der Waals surface area contributed by atoms with Gasteiger partial charge in [0.05, 0.1) is 11.3 Å². The molecule has 9 heteroatoms. The number of benzene rings is 2. The summed E-state index contributed by atoms with van der Waals surface area (Å²) >= 11 is 0. The van der Waals surface area contributed by atoms with Gasteiger partial charge >= 0.3 is 6.18 Å². The van der Waals surface area contributed by atoms with Crippen LogP contribution in [-0.4, -0.2) is 30.7 Å². The zero-order valence-corrected chi connectivity index (χ0v) is 19.0. The van der Waals surface area contributed by atoms with E-state index in [9.17, 15) is 31.1 Å². The number of amides is 1. The molecule has 186 valence electrons. The molecule has 2 aromatic carbocycles. The van der Waals surface area contributed by atoms with Crippen LogP contribution in [0.4, 0.5) is 26.3 Å². The molecule has 2 aromatic rings. The van der Waals surface area contributed by atoms with Crippen LogP contribution in [0.2, 0.25) is 0 Å². The standard InChI is InChI=1S/C27H20F6N2O/c1-4-21(29)22(30)13-12-18(15-28)23-14-24(36)35(3)26(34-23)25(16(2)27(31,32)33)20-11-7-9-17-8-5-6-10-19(17)20/h1,5-12,14,34H,2,13,15H2,3H3/b18-12+,22-21-,26-25+. The molecule has 0 saturated carbocycles. The zero-order chi connectivity index (χ0) is 26.6. The SMILES string of the molecule is C#C/C(F)=C(/F)C/C=C(\CF)C1=CC(=O)N(C)/C(=C(\C(=C)C(F)(F)F)c2cccc3ccccc23)N1. The van der Waals surface area contributed by atoms with Crippen molar-refractivity contribution < 1.29 is 31.1 Å². The molecule has 0 fully saturated rings. The Labute approximate surface area is 203 Å². The van der Waals surface area contributed by atoms with Gasteiger partial charge in [0.15, 0.2) is 0 Å². The third-order valence-electron chi connectivity index (χ3n) is 5.51. The molecular formula is C27H20F6N2O. The summed E-state index contributed by atoms with van der Waals surface area (Å²) < 4.78 is 82.7. The smallest absolute Gasteiger partial charge is 0.341 e. The molecule has 0 bridgehead atoms. The van der Waals surface area contributed by atoms with Crippen LogP contribution in [-0.2, 0) is 4.79 Å². The van der Waals surface area contributed by atoms with E-state index in [2.05, 4.69) is 11.9 Å². The molecule has 0 aliphatic carbocycles. The summed E-state index contributed by atoms with van der Waals surface area (Å²) in [6.07, 6.45) is 1.12. The first-order valence-electron chi connectivity index (χ1n) is 10.5. The number of likely N-dealkylation sites (N-methyl/N-ethyl adjacent to an activating group) is 1. The van der Waals surface area contributed by atoms with Crippen LogP contribution in [0.15, 0.2) is 95.5 Å². The minimum absolute atomic E-state index is 0.134. The summed E-state index contributed by atoms with van der Waals surface area (Å²) in [6, 6.07) is 11.4. The van der Waals surface area contributed by atoms with Crippen molar-refractivity contribution in [2.24, 2.45) is 0 Å². The first kappa shape index (κ1) is 26.4. The molecule has 1 heterocycles. The van der Waals surface area contributed by atoms with Crippen molar-refractivity contribution in [1.29, 1.82) is 0 Å². The number of hydrogen-bond donors (Lipinski definition) is 1. The second-order valence-electron chi connectivity index (χ2n) is 7.74. The minimum Gasteiger partial charge on any atom is -0.341 e. The topological polar surface area (TPSA) is 32.3 Å². The van der Waals surface area contributed by atoms with Gasteiger partial charge in [0.25, 0.3) is 5.91 Å². The van der Waals surface area contributed by atoms with Crippen molar-refractivity contribution in [1.82, 2.24) is 10.2 Å². The van der Waals surface area contributed by atoms with E-state index in [-0.39, 0.29) is 22.7 Å². The van der Waals surface area contributed by atoms with Crippen LogP contribution in [0.3, 0.4) is 0 Å². The number of allylic oxidation sites excluding steroid dienone is 6. The molecular weight excluding hydrogens is 482 g/mol. The van der Waals surface area contributed by atoms with Gasteiger partial charge in [-0.3, -0.25) is 9.69 Å². The summed E-state index contributed by atoms with van der Waals surface area (Å²) in [5.41, 5.74) is -2.02. The predicted molar refractivity (Wildman–Crippen MR) is 127 cm³/mol. The Kier molecular flexibility index (Phi) is 7.78. The molecule has 1 amide bonds. The number of nitrogens with one attached hydrogen (secondary N) is 1. The van der Waals surface area contributed by atoms with Crippen molar-refractivity contribution in [2.75, 3.05) is 13.7 Å². The average Bonchev–Trinajstić information content (AvgIpc) is 2.85. The molecule has 3 rings (SSSR count). The van der Waals surface area contributed by atoms with Crippen molar-refractivity contribution in [3.63, 3.8) is 0 Å². The monoisotopic (exact) mass is 502 g/mol. The van der Waals surface area contributed by atoms with Crippen LogP contribution in [0.25, 0.3) is 16.3 Å². The number of terminal acetylenes is 1. The number of alkyl halides is 4. The van der Waals surface area contributed by atoms with Gasteiger partial charge in [-0.2, -0.15) is 17.6 Å². The molecule has 0 unspecified atom stereocenters. The van der Waals surface area contributed by atoms with E-state index in [1.165, 1.54) is 19.0 Å². The maximum Gasteiger partial charge on any atom is 0.416 e. The van der Waals surface area contributed by atoms with E-state index < -0.39 is 48.0 Å². The maximum absolute atomic E-state index is 14.0. The van der Waals surface area contributed by atoms with E-state index in [4.69, 9.17) is 6.42 Å². The van der Waals surface area contributed by atoms with Gasteiger partial charge in [-0.25, -0.2) is 8.78 Å². The van der Waals surface area contributed by atoms with Crippen LogP contribution in [0.1, 0.15) is 12.0 Å². The van der Waals surface area contributed by atoms with E-state index in [1.807, 2.05) is 0 Å². The number of carbonyl (C=O) groups excluding carboxylic acids is 1. The van der Waals surface area contributed by atoms with Crippen LogP contribution in [0.5, 0.6) is 0 Å². The lowest BCUT2D eigenvalue weighted by Gasteiger charge is -2.31. The Bertz CT molecular complexity index is 1380. The Morgan fingerprint density at radius 3 is 2.47 bits per heavy atom. The number of halogens is 6. The Hall–Kier alpha value is -4.19. The number of rotatable bonds is 6. The molecule has 0 saturated heterocycles. The molecule has 36 heavy (non-hydrogen) atoms. The molecule has 0 spiro atoms. The lowest BCUT2D eigenvalue weighted by Crippen LogP contribution is -2.39. The van der Waals surface area contributed by atoms with Crippen molar-refractivity contribution >= 4 is 22.3 Å². The van der Waals surface area contributed by atoms with Gasteiger partial charge in [-0.1, -0.05) is 55.1 Å². The normalized spacial score (nSPS) is 16.7. The minimum atomic E-state index is -4.87. The quantitative estimate of drug-likeness (QED) is 0.355. The van der Waals surface area contributed by atoms with Crippen molar-refractivity contribution in [2.45, 2.75) is 12.6 Å². The van der Waals surface area contributed by atoms with E-state index in [1.54, 1.807) is 36.4 Å². The van der Waals surface area contributed by atoms with Gasteiger partial charge in [-0.05, 0) is 22.3 Å². The molecule has 1 aliphatic heterocycles. The fraction of sp³-hybridized carbons (Fsp3) is 0.148. The second kappa shape index (κ2) is 10.6. The summed E-state index contributed by atoms with van der Waals surface area (Å²) in [6.45, 7) is 2.01. The lowest BCUT2D eigenvalue weighted by molar-refractivity contribution is -0.123. The molecule has 0 radical (unpaired) electrons. The molecule has 1 N–H and O–H groups in total. The number of fused-ring (bicyclic) bond motifs is 1. The van der Waals surface area contributed by atoms with Crippen LogP contribution < -0.4 is 5.32 Å². The van der Waals surface area contributed by atoms with E-state index in [0.29, 0.717) is 10.8 Å². The largest absolute Gasteiger partial charge is 0.416 e. The highest BCUT2D eigenvalue weighted by atomic mass is 19.4. The summed E-state index contributed by atoms with van der Waals surface area (Å²) in [5, 5.41) is 3.78. The van der Waals surface area contributed by atoms with E-state index >= 15 is 0 Å². The maximum atomic E-state index is 14.0. The fourth-order valence-electron chi connectivity index (χ4n) is 3.62. The second-order valence-corrected chi connectivity index (χ2v) is 7.74. The molecule has 3 nitrogen and oxygen atoms in total. The van der Waals surface area contributed by atoms with Crippen molar-refractivity contribution in [3.8, 4) is 12.3 Å². The summed E-state index contributed by atoms with van der Waals surface area (Å²) in [4.78, 5) is 13.7. The third-order valence-corrected chi connectivity index (χ3v) is 5.51.